The van der Waals surface area contributed by atoms with E-state index < -0.39 is 0 Å². The van der Waals surface area contributed by atoms with E-state index in [1.807, 2.05) is 0 Å². The summed E-state index contributed by atoms with van der Waals surface area (Å²) in [5.74, 6) is 1.32. The minimum absolute atomic E-state index is 0.266. The van der Waals surface area contributed by atoms with Gasteiger partial charge in [0.2, 0.25) is 0 Å². The molecule has 3 nitrogen and oxygen atoms in total. The number of unbranched alkanes of at least 4 members (excludes halogenated alkanes) is 11. The van der Waals surface area contributed by atoms with E-state index in [4.69, 9.17) is 0 Å². The SMILES string of the molecule is CCCCCCCC/C=C\CCCCCCCC1=NCC[N+]1(C)CCO. The van der Waals surface area contributed by atoms with Gasteiger partial charge in [0.1, 0.15) is 13.1 Å². The van der Waals surface area contributed by atoms with Gasteiger partial charge in [0.05, 0.1) is 20.2 Å². The average molecular weight is 366 g/mol. The van der Waals surface area contributed by atoms with Crippen LogP contribution in [0.15, 0.2) is 17.1 Å². The second-order valence-electron chi connectivity index (χ2n) is 8.20. The summed E-state index contributed by atoms with van der Waals surface area (Å²) in [6.07, 6.45) is 23.5. The van der Waals surface area contributed by atoms with Crippen molar-refractivity contribution in [3.05, 3.63) is 12.2 Å². The maximum absolute atomic E-state index is 9.24. The second-order valence-corrected chi connectivity index (χ2v) is 8.20. The normalized spacial score (nSPS) is 20.2. The summed E-state index contributed by atoms with van der Waals surface area (Å²) in [6.45, 7) is 5.38. The Labute approximate surface area is 163 Å². The lowest BCUT2D eigenvalue weighted by Gasteiger charge is -2.29. The van der Waals surface area contributed by atoms with Gasteiger partial charge < -0.3 is 5.11 Å². The Hall–Kier alpha value is -0.670. The maximum atomic E-state index is 9.24. The van der Waals surface area contributed by atoms with Crippen molar-refractivity contribution in [2.75, 3.05) is 33.3 Å². The van der Waals surface area contributed by atoms with Gasteiger partial charge in [0, 0.05) is 6.42 Å². The number of aliphatic hydroxyl groups is 1. The average Bonchev–Trinajstić information content (AvgIpc) is 2.99. The summed E-state index contributed by atoms with van der Waals surface area (Å²) in [7, 11) is 2.22. The van der Waals surface area contributed by atoms with Gasteiger partial charge in [-0.3, -0.25) is 4.48 Å². The van der Waals surface area contributed by atoms with Crippen LogP contribution in [0.4, 0.5) is 0 Å². The number of likely N-dealkylation sites (N-methyl/N-ethyl adjacent to an activating group) is 1. The lowest BCUT2D eigenvalue weighted by molar-refractivity contribution is -0.815. The fraction of sp³-hybridized carbons (Fsp3) is 0.870. The molecule has 0 aromatic heterocycles. The molecule has 0 fully saturated rings. The largest absolute Gasteiger partial charge is 0.390 e. The van der Waals surface area contributed by atoms with Crippen molar-refractivity contribution < 1.29 is 9.59 Å². The first kappa shape index (κ1) is 23.4. The zero-order chi connectivity index (χ0) is 18.9. The van der Waals surface area contributed by atoms with Crippen LogP contribution in [-0.2, 0) is 0 Å². The monoisotopic (exact) mass is 365 g/mol. The summed E-state index contributed by atoms with van der Waals surface area (Å²) in [5.41, 5.74) is 0. The molecular formula is C23H45N2O+. The molecule has 1 unspecified atom stereocenters. The first-order valence-corrected chi connectivity index (χ1v) is 11.4. The van der Waals surface area contributed by atoms with Crippen LogP contribution in [0.5, 0.6) is 0 Å². The quantitative estimate of drug-likeness (QED) is 0.195. The Kier molecular flexibility index (Phi) is 13.8. The number of aliphatic hydroxyl groups excluding tert-OH is 1. The molecule has 0 aromatic carbocycles. The lowest BCUT2D eigenvalue weighted by Crippen LogP contribution is -2.48. The summed E-state index contributed by atoms with van der Waals surface area (Å²) < 4.78 is 0.875. The Morgan fingerprint density at radius 1 is 0.885 bits per heavy atom. The Bertz CT molecular complexity index is 392. The van der Waals surface area contributed by atoms with Crippen LogP contribution in [0.25, 0.3) is 0 Å². The molecule has 0 aliphatic carbocycles. The molecule has 0 saturated carbocycles. The van der Waals surface area contributed by atoms with Crippen LogP contribution in [0.1, 0.15) is 96.8 Å². The molecule has 0 spiro atoms. The lowest BCUT2D eigenvalue weighted by atomic mass is 10.1. The van der Waals surface area contributed by atoms with Gasteiger partial charge in [-0.2, -0.15) is 0 Å². The molecule has 1 rings (SSSR count). The predicted molar refractivity (Wildman–Crippen MR) is 115 cm³/mol. The third kappa shape index (κ3) is 10.5. The molecule has 1 aliphatic heterocycles. The van der Waals surface area contributed by atoms with E-state index in [-0.39, 0.29) is 6.61 Å². The van der Waals surface area contributed by atoms with Crippen LogP contribution in [0.2, 0.25) is 0 Å². The number of rotatable bonds is 17. The maximum Gasteiger partial charge on any atom is 0.198 e. The highest BCUT2D eigenvalue weighted by Gasteiger charge is 2.32. The molecule has 3 heteroatoms. The van der Waals surface area contributed by atoms with E-state index in [1.165, 1.54) is 89.3 Å². The number of hydrogen-bond acceptors (Lipinski definition) is 2. The fourth-order valence-corrected chi connectivity index (χ4v) is 3.86. The first-order valence-electron chi connectivity index (χ1n) is 11.4. The van der Waals surface area contributed by atoms with Crippen molar-refractivity contribution in [1.29, 1.82) is 0 Å². The van der Waals surface area contributed by atoms with Crippen LogP contribution < -0.4 is 0 Å². The van der Waals surface area contributed by atoms with Crippen molar-refractivity contribution in [3.63, 3.8) is 0 Å². The van der Waals surface area contributed by atoms with Crippen LogP contribution in [-0.4, -0.2) is 48.7 Å². The van der Waals surface area contributed by atoms with Crippen molar-refractivity contribution >= 4 is 5.84 Å². The zero-order valence-electron chi connectivity index (χ0n) is 17.7. The predicted octanol–water partition coefficient (Wildman–Crippen LogP) is 5.87. The molecule has 0 bridgehead atoms. The van der Waals surface area contributed by atoms with E-state index >= 15 is 0 Å². The zero-order valence-corrected chi connectivity index (χ0v) is 17.7. The number of amidine groups is 1. The van der Waals surface area contributed by atoms with Crippen molar-refractivity contribution in [2.24, 2.45) is 4.99 Å². The highest BCUT2D eigenvalue weighted by atomic mass is 16.3. The number of aliphatic imine (C=N–C) groups is 1. The summed E-state index contributed by atoms with van der Waals surface area (Å²) in [4.78, 5) is 4.68. The smallest absolute Gasteiger partial charge is 0.198 e. The van der Waals surface area contributed by atoms with E-state index in [1.54, 1.807) is 0 Å². The molecular weight excluding hydrogens is 320 g/mol. The van der Waals surface area contributed by atoms with Gasteiger partial charge in [0.25, 0.3) is 0 Å². The van der Waals surface area contributed by atoms with Gasteiger partial charge in [-0.1, -0.05) is 70.4 Å². The van der Waals surface area contributed by atoms with Gasteiger partial charge in [-0.05, 0) is 32.1 Å². The van der Waals surface area contributed by atoms with E-state index in [0.717, 1.165) is 30.5 Å². The molecule has 0 radical (unpaired) electrons. The van der Waals surface area contributed by atoms with Gasteiger partial charge in [-0.25, -0.2) is 4.99 Å². The van der Waals surface area contributed by atoms with Crippen molar-refractivity contribution in [1.82, 2.24) is 0 Å². The Morgan fingerprint density at radius 3 is 2.08 bits per heavy atom. The minimum atomic E-state index is 0.266. The van der Waals surface area contributed by atoms with Crippen molar-refractivity contribution in [2.45, 2.75) is 96.8 Å². The molecule has 152 valence electrons. The molecule has 1 atom stereocenters. The molecule has 1 N–H and O–H groups in total. The van der Waals surface area contributed by atoms with Crippen LogP contribution >= 0.6 is 0 Å². The number of hydrogen-bond donors (Lipinski definition) is 1. The molecule has 26 heavy (non-hydrogen) atoms. The Balaban J connectivity index is 1.88. The third-order valence-corrected chi connectivity index (χ3v) is 5.77. The molecule has 1 aliphatic rings. The molecule has 0 amide bonds. The summed E-state index contributed by atoms with van der Waals surface area (Å²) in [6, 6.07) is 0. The minimum Gasteiger partial charge on any atom is -0.390 e. The molecule has 0 aromatic rings. The van der Waals surface area contributed by atoms with Crippen molar-refractivity contribution in [3.8, 4) is 0 Å². The number of nitrogens with zero attached hydrogens (tertiary/aromatic N) is 2. The number of quaternary nitrogens is 1. The molecule has 0 saturated heterocycles. The molecule has 1 heterocycles. The van der Waals surface area contributed by atoms with Gasteiger partial charge in [0.15, 0.2) is 5.84 Å². The van der Waals surface area contributed by atoms with Gasteiger partial charge >= 0.3 is 0 Å². The summed E-state index contributed by atoms with van der Waals surface area (Å²) in [5, 5.41) is 9.24. The van der Waals surface area contributed by atoms with E-state index in [9.17, 15) is 5.11 Å². The van der Waals surface area contributed by atoms with E-state index in [2.05, 4.69) is 31.1 Å². The first-order chi connectivity index (χ1) is 12.7. The van der Waals surface area contributed by atoms with Crippen LogP contribution in [0, 0.1) is 0 Å². The fourth-order valence-electron chi connectivity index (χ4n) is 3.86. The highest BCUT2D eigenvalue weighted by Crippen LogP contribution is 2.17. The summed E-state index contributed by atoms with van der Waals surface area (Å²) >= 11 is 0. The van der Waals surface area contributed by atoms with Crippen LogP contribution in [0.3, 0.4) is 0 Å². The topological polar surface area (TPSA) is 32.6 Å². The Morgan fingerprint density at radius 2 is 1.46 bits per heavy atom. The third-order valence-electron chi connectivity index (χ3n) is 5.77. The number of allylic oxidation sites excluding steroid dienone is 2. The van der Waals surface area contributed by atoms with Gasteiger partial charge in [-0.15, -0.1) is 0 Å². The second kappa shape index (κ2) is 15.4. The highest BCUT2D eigenvalue weighted by molar-refractivity contribution is 5.76. The van der Waals surface area contributed by atoms with E-state index in [0.29, 0.717) is 0 Å². The standard InChI is InChI=1S/C23H45N2O/c1-3-4-5-6-7-8-9-10-11-12-13-14-15-16-17-18-23-24-19-20-25(23,2)21-22-26/h10-11,26H,3-9,12-22H2,1-2H3/q+1/b11-10-.